The van der Waals surface area contributed by atoms with Crippen molar-refractivity contribution in [3.63, 3.8) is 0 Å². The average Bonchev–Trinajstić information content (AvgIpc) is 2.25. The molecule has 0 aromatic carbocycles. The maximum atomic E-state index is 11.5. The average molecular weight is 270 g/mol. The standard InChI is InChI=1S/C10H12BrN3O/c11-8-1-2-9(13-5-8)7-14-4-3-12-6-10(14)15/h1-2,5,12H,3-4,6-7H2. The van der Waals surface area contributed by atoms with Gasteiger partial charge in [-0.15, -0.1) is 0 Å². The van der Waals surface area contributed by atoms with Crippen LogP contribution in [0.5, 0.6) is 0 Å². The van der Waals surface area contributed by atoms with Crippen molar-refractivity contribution in [2.75, 3.05) is 19.6 Å². The molecular formula is C10H12BrN3O. The minimum Gasteiger partial charge on any atom is -0.334 e. The van der Waals surface area contributed by atoms with Crippen LogP contribution in [-0.4, -0.2) is 35.4 Å². The lowest BCUT2D eigenvalue weighted by Gasteiger charge is -2.26. The molecule has 0 saturated carbocycles. The summed E-state index contributed by atoms with van der Waals surface area (Å²) in [4.78, 5) is 17.6. The van der Waals surface area contributed by atoms with Crippen LogP contribution >= 0.6 is 15.9 Å². The first-order valence-corrected chi connectivity index (χ1v) is 5.64. The van der Waals surface area contributed by atoms with E-state index in [0.29, 0.717) is 13.1 Å². The van der Waals surface area contributed by atoms with E-state index in [9.17, 15) is 4.79 Å². The third-order valence-electron chi connectivity index (χ3n) is 2.33. The second-order valence-electron chi connectivity index (χ2n) is 3.46. The van der Waals surface area contributed by atoms with Crippen molar-refractivity contribution < 1.29 is 4.79 Å². The van der Waals surface area contributed by atoms with E-state index in [0.717, 1.165) is 23.3 Å². The molecule has 1 amide bonds. The number of hydrogen-bond donors (Lipinski definition) is 1. The Bertz CT molecular complexity index is 352. The molecule has 1 aromatic heterocycles. The summed E-state index contributed by atoms with van der Waals surface area (Å²) in [6.07, 6.45) is 1.75. The number of aromatic nitrogens is 1. The fourth-order valence-electron chi connectivity index (χ4n) is 1.51. The van der Waals surface area contributed by atoms with Crippen molar-refractivity contribution in [1.29, 1.82) is 0 Å². The zero-order valence-electron chi connectivity index (χ0n) is 8.24. The molecule has 15 heavy (non-hydrogen) atoms. The van der Waals surface area contributed by atoms with Crippen molar-refractivity contribution >= 4 is 21.8 Å². The van der Waals surface area contributed by atoms with Gasteiger partial charge in [0.15, 0.2) is 0 Å². The molecule has 0 bridgehead atoms. The molecule has 1 aliphatic heterocycles. The molecule has 1 aliphatic rings. The van der Waals surface area contributed by atoms with Crippen LogP contribution in [0, 0.1) is 0 Å². The molecule has 4 nitrogen and oxygen atoms in total. The highest BCUT2D eigenvalue weighted by Gasteiger charge is 2.17. The van der Waals surface area contributed by atoms with Gasteiger partial charge in [-0.3, -0.25) is 9.78 Å². The number of carbonyl (C=O) groups excluding carboxylic acids is 1. The van der Waals surface area contributed by atoms with Crippen molar-refractivity contribution in [3.05, 3.63) is 28.5 Å². The van der Waals surface area contributed by atoms with E-state index >= 15 is 0 Å². The molecule has 0 unspecified atom stereocenters. The van der Waals surface area contributed by atoms with Crippen molar-refractivity contribution in [2.24, 2.45) is 0 Å². The van der Waals surface area contributed by atoms with Gasteiger partial charge in [-0.05, 0) is 28.1 Å². The van der Waals surface area contributed by atoms with Gasteiger partial charge in [0.1, 0.15) is 0 Å². The van der Waals surface area contributed by atoms with Crippen LogP contribution in [0.3, 0.4) is 0 Å². The number of pyridine rings is 1. The lowest BCUT2D eigenvalue weighted by atomic mass is 10.3. The Hall–Kier alpha value is -0.940. The summed E-state index contributed by atoms with van der Waals surface area (Å²) in [5, 5.41) is 3.04. The molecule has 0 aliphatic carbocycles. The van der Waals surface area contributed by atoms with E-state index in [1.165, 1.54) is 0 Å². The van der Waals surface area contributed by atoms with E-state index in [4.69, 9.17) is 0 Å². The summed E-state index contributed by atoms with van der Waals surface area (Å²) in [6, 6.07) is 3.87. The Morgan fingerprint density at radius 1 is 1.53 bits per heavy atom. The van der Waals surface area contributed by atoms with Gasteiger partial charge >= 0.3 is 0 Å². The number of nitrogens with zero attached hydrogens (tertiary/aromatic N) is 2. The van der Waals surface area contributed by atoms with Crippen LogP contribution < -0.4 is 5.32 Å². The summed E-state index contributed by atoms with van der Waals surface area (Å²) >= 11 is 3.33. The van der Waals surface area contributed by atoms with Crippen LogP contribution in [0.4, 0.5) is 0 Å². The Morgan fingerprint density at radius 3 is 3.07 bits per heavy atom. The summed E-state index contributed by atoms with van der Waals surface area (Å²) in [7, 11) is 0. The smallest absolute Gasteiger partial charge is 0.236 e. The molecule has 5 heteroatoms. The van der Waals surface area contributed by atoms with E-state index in [1.807, 2.05) is 17.0 Å². The summed E-state index contributed by atoms with van der Waals surface area (Å²) in [6.45, 7) is 2.67. The van der Waals surface area contributed by atoms with Gasteiger partial charge in [-0.2, -0.15) is 0 Å². The zero-order valence-corrected chi connectivity index (χ0v) is 9.83. The van der Waals surface area contributed by atoms with Gasteiger partial charge in [0.05, 0.1) is 18.8 Å². The minimum absolute atomic E-state index is 0.144. The maximum absolute atomic E-state index is 11.5. The highest BCUT2D eigenvalue weighted by Crippen LogP contribution is 2.09. The van der Waals surface area contributed by atoms with Crippen LogP contribution in [0.25, 0.3) is 0 Å². The van der Waals surface area contributed by atoms with Gasteiger partial charge in [0, 0.05) is 23.8 Å². The molecule has 0 radical (unpaired) electrons. The lowest BCUT2D eigenvalue weighted by molar-refractivity contribution is -0.132. The van der Waals surface area contributed by atoms with E-state index < -0.39 is 0 Å². The molecule has 80 valence electrons. The van der Waals surface area contributed by atoms with Gasteiger partial charge in [-0.1, -0.05) is 0 Å². The fourth-order valence-corrected chi connectivity index (χ4v) is 1.74. The first-order chi connectivity index (χ1) is 7.25. The largest absolute Gasteiger partial charge is 0.334 e. The third kappa shape index (κ3) is 2.76. The number of carbonyl (C=O) groups is 1. The third-order valence-corrected chi connectivity index (χ3v) is 2.80. The second-order valence-corrected chi connectivity index (χ2v) is 4.38. The van der Waals surface area contributed by atoms with Crippen LogP contribution in [-0.2, 0) is 11.3 Å². The monoisotopic (exact) mass is 269 g/mol. The molecule has 2 heterocycles. The zero-order chi connectivity index (χ0) is 10.7. The Balaban J connectivity index is 2.01. The van der Waals surface area contributed by atoms with Crippen LogP contribution in [0.1, 0.15) is 5.69 Å². The Labute approximate surface area is 96.8 Å². The van der Waals surface area contributed by atoms with Crippen LogP contribution in [0.15, 0.2) is 22.8 Å². The number of piperazine rings is 1. The van der Waals surface area contributed by atoms with Crippen molar-refractivity contribution in [3.8, 4) is 0 Å². The molecular weight excluding hydrogens is 258 g/mol. The second kappa shape index (κ2) is 4.72. The summed E-state index contributed by atoms with van der Waals surface area (Å²) in [5.41, 5.74) is 0.924. The molecule has 1 fully saturated rings. The first kappa shape index (κ1) is 10.6. The molecule has 0 spiro atoms. The Kier molecular flexibility index (Phi) is 3.33. The highest BCUT2D eigenvalue weighted by atomic mass is 79.9. The van der Waals surface area contributed by atoms with E-state index in [-0.39, 0.29) is 5.91 Å². The number of amides is 1. The topological polar surface area (TPSA) is 45.2 Å². The van der Waals surface area contributed by atoms with Gasteiger partial charge in [0.25, 0.3) is 0 Å². The minimum atomic E-state index is 0.144. The van der Waals surface area contributed by atoms with Crippen molar-refractivity contribution in [2.45, 2.75) is 6.54 Å². The van der Waals surface area contributed by atoms with Gasteiger partial charge in [0.2, 0.25) is 5.91 Å². The van der Waals surface area contributed by atoms with Gasteiger partial charge < -0.3 is 10.2 Å². The van der Waals surface area contributed by atoms with Crippen molar-refractivity contribution in [1.82, 2.24) is 15.2 Å². The highest BCUT2D eigenvalue weighted by molar-refractivity contribution is 9.10. The van der Waals surface area contributed by atoms with E-state index in [1.54, 1.807) is 6.20 Å². The predicted octanol–water partition coefficient (Wildman–Crippen LogP) is 0.776. The predicted molar refractivity (Wildman–Crippen MR) is 60.2 cm³/mol. The number of nitrogens with one attached hydrogen (secondary N) is 1. The number of hydrogen-bond acceptors (Lipinski definition) is 3. The molecule has 1 saturated heterocycles. The normalized spacial score (nSPS) is 16.9. The summed E-state index contributed by atoms with van der Waals surface area (Å²) in [5.74, 6) is 0.144. The molecule has 1 aromatic rings. The first-order valence-electron chi connectivity index (χ1n) is 4.84. The van der Waals surface area contributed by atoms with Gasteiger partial charge in [-0.25, -0.2) is 0 Å². The molecule has 1 N–H and O–H groups in total. The molecule has 2 rings (SSSR count). The fraction of sp³-hybridized carbons (Fsp3) is 0.400. The quantitative estimate of drug-likeness (QED) is 0.863. The lowest BCUT2D eigenvalue weighted by Crippen LogP contribution is -2.47. The Morgan fingerprint density at radius 2 is 2.40 bits per heavy atom. The van der Waals surface area contributed by atoms with E-state index in [2.05, 4.69) is 26.2 Å². The SMILES string of the molecule is O=C1CNCCN1Cc1ccc(Br)cn1. The maximum Gasteiger partial charge on any atom is 0.236 e. The van der Waals surface area contributed by atoms with Crippen LogP contribution in [0.2, 0.25) is 0 Å². The summed E-state index contributed by atoms with van der Waals surface area (Å²) < 4.78 is 0.956. The number of halogens is 1. The number of rotatable bonds is 2. The molecule has 0 atom stereocenters.